The Morgan fingerprint density at radius 3 is 2.71 bits per heavy atom. The van der Waals surface area contributed by atoms with Gasteiger partial charge in [-0.15, -0.1) is 0 Å². The number of aromatic hydroxyl groups is 1. The largest absolute Gasteiger partial charge is 0.508 e. The van der Waals surface area contributed by atoms with Gasteiger partial charge in [0.1, 0.15) is 5.75 Å². The van der Waals surface area contributed by atoms with Crippen LogP contribution in [0.5, 0.6) is 5.75 Å². The molecular weight excluding hydrogens is 240 g/mol. The number of carbonyl (C=O) groups is 2. The molecule has 0 unspecified atom stereocenters. The van der Waals surface area contributed by atoms with Crippen LogP contribution in [-0.4, -0.2) is 16.7 Å². The van der Waals surface area contributed by atoms with Gasteiger partial charge in [0.2, 0.25) is 0 Å². The number of ketones is 2. The fraction of sp³-hybridized carbons (Fsp3) is 0.0769. The Balaban J connectivity index is 2.29. The van der Waals surface area contributed by atoms with Crippen LogP contribution in [0.1, 0.15) is 5.56 Å². The van der Waals surface area contributed by atoms with Gasteiger partial charge in [-0.1, -0.05) is 11.6 Å². The molecule has 1 aromatic rings. The van der Waals surface area contributed by atoms with E-state index in [1.165, 1.54) is 24.3 Å². The predicted octanol–water partition coefficient (Wildman–Crippen LogP) is 2.22. The SMILES string of the molecule is O=C1C=CC(=O)C(Cc2cc(Cl)ccc2O)=C1. The van der Waals surface area contributed by atoms with Crippen LogP contribution >= 0.6 is 11.6 Å². The molecule has 1 aliphatic carbocycles. The van der Waals surface area contributed by atoms with E-state index >= 15 is 0 Å². The van der Waals surface area contributed by atoms with Crippen LogP contribution in [0.4, 0.5) is 0 Å². The van der Waals surface area contributed by atoms with Gasteiger partial charge in [0.15, 0.2) is 11.6 Å². The highest BCUT2D eigenvalue weighted by Gasteiger charge is 2.15. The van der Waals surface area contributed by atoms with Crippen molar-refractivity contribution in [3.8, 4) is 5.75 Å². The van der Waals surface area contributed by atoms with Gasteiger partial charge < -0.3 is 5.11 Å². The van der Waals surface area contributed by atoms with E-state index in [1.807, 2.05) is 0 Å². The third-order valence-electron chi connectivity index (χ3n) is 2.45. The van der Waals surface area contributed by atoms with Crippen LogP contribution in [0.3, 0.4) is 0 Å². The van der Waals surface area contributed by atoms with Crippen molar-refractivity contribution in [1.82, 2.24) is 0 Å². The second kappa shape index (κ2) is 4.55. The second-order valence-corrected chi connectivity index (χ2v) is 4.16. The zero-order valence-corrected chi connectivity index (χ0v) is 9.57. The van der Waals surface area contributed by atoms with Crippen molar-refractivity contribution >= 4 is 23.2 Å². The molecule has 3 nitrogen and oxygen atoms in total. The summed E-state index contributed by atoms with van der Waals surface area (Å²) in [6.07, 6.45) is 3.94. The summed E-state index contributed by atoms with van der Waals surface area (Å²) in [5.74, 6) is -0.379. The number of phenolic OH excluding ortho intramolecular Hbond substituents is 1. The molecule has 1 aliphatic rings. The van der Waals surface area contributed by atoms with E-state index in [1.54, 1.807) is 12.1 Å². The molecule has 1 aromatic carbocycles. The Labute approximate surface area is 103 Å². The van der Waals surface area contributed by atoms with Crippen molar-refractivity contribution < 1.29 is 14.7 Å². The molecule has 1 N–H and O–H groups in total. The van der Waals surface area contributed by atoms with Crippen LogP contribution in [-0.2, 0) is 16.0 Å². The lowest BCUT2D eigenvalue weighted by molar-refractivity contribution is -0.114. The third kappa shape index (κ3) is 2.63. The summed E-state index contributed by atoms with van der Waals surface area (Å²) < 4.78 is 0. The normalized spacial score (nSPS) is 15.0. The van der Waals surface area contributed by atoms with Crippen LogP contribution in [0.25, 0.3) is 0 Å². The summed E-state index contributed by atoms with van der Waals surface area (Å²) in [6, 6.07) is 4.60. The maximum Gasteiger partial charge on any atom is 0.182 e. The van der Waals surface area contributed by atoms with Crippen LogP contribution in [0, 0.1) is 0 Å². The van der Waals surface area contributed by atoms with E-state index in [4.69, 9.17) is 11.6 Å². The Hall–Kier alpha value is -1.87. The number of allylic oxidation sites excluding steroid dienone is 4. The second-order valence-electron chi connectivity index (χ2n) is 3.72. The van der Waals surface area contributed by atoms with Crippen molar-refractivity contribution in [2.45, 2.75) is 6.42 Å². The third-order valence-corrected chi connectivity index (χ3v) is 2.69. The quantitative estimate of drug-likeness (QED) is 0.817. The van der Waals surface area contributed by atoms with Crippen LogP contribution < -0.4 is 0 Å². The van der Waals surface area contributed by atoms with E-state index in [9.17, 15) is 14.7 Å². The molecule has 0 atom stereocenters. The minimum atomic E-state index is -0.221. The van der Waals surface area contributed by atoms with Gasteiger partial charge in [0, 0.05) is 17.0 Å². The number of benzene rings is 1. The molecule has 0 spiro atoms. The molecule has 0 fully saturated rings. The fourth-order valence-corrected chi connectivity index (χ4v) is 1.79. The fourth-order valence-electron chi connectivity index (χ4n) is 1.59. The molecule has 0 amide bonds. The van der Waals surface area contributed by atoms with Crippen molar-refractivity contribution in [2.75, 3.05) is 0 Å². The molecule has 4 heteroatoms. The molecule has 0 heterocycles. The lowest BCUT2D eigenvalue weighted by Crippen LogP contribution is -2.09. The van der Waals surface area contributed by atoms with Gasteiger partial charge in [0.25, 0.3) is 0 Å². The van der Waals surface area contributed by atoms with Crippen molar-refractivity contribution in [3.05, 3.63) is 52.6 Å². The molecule has 0 saturated heterocycles. The van der Waals surface area contributed by atoms with E-state index in [2.05, 4.69) is 0 Å². The molecule has 2 rings (SSSR count). The maximum absolute atomic E-state index is 11.5. The summed E-state index contributed by atoms with van der Waals surface area (Å²) in [7, 11) is 0. The molecule has 0 aromatic heterocycles. The van der Waals surface area contributed by atoms with Gasteiger partial charge in [-0.05, 0) is 42.0 Å². The van der Waals surface area contributed by atoms with E-state index in [-0.39, 0.29) is 23.7 Å². The van der Waals surface area contributed by atoms with Gasteiger partial charge in [-0.25, -0.2) is 0 Å². The van der Waals surface area contributed by atoms with E-state index in [0.717, 1.165) is 0 Å². The summed E-state index contributed by atoms with van der Waals surface area (Å²) in [5, 5.41) is 10.1. The van der Waals surface area contributed by atoms with E-state index < -0.39 is 0 Å². The Morgan fingerprint density at radius 1 is 1.18 bits per heavy atom. The Bertz CT molecular complexity index is 556. The predicted molar refractivity (Wildman–Crippen MR) is 64.1 cm³/mol. The minimum absolute atomic E-state index is 0.0603. The van der Waals surface area contributed by atoms with Crippen LogP contribution in [0.15, 0.2) is 42.0 Å². The van der Waals surface area contributed by atoms with Crippen molar-refractivity contribution in [1.29, 1.82) is 0 Å². The smallest absolute Gasteiger partial charge is 0.182 e. The number of rotatable bonds is 2. The highest BCUT2D eigenvalue weighted by atomic mass is 35.5. The highest BCUT2D eigenvalue weighted by Crippen LogP contribution is 2.25. The number of carbonyl (C=O) groups excluding carboxylic acids is 2. The maximum atomic E-state index is 11.5. The lowest BCUT2D eigenvalue weighted by atomic mass is 9.96. The number of hydrogen-bond acceptors (Lipinski definition) is 3. The van der Waals surface area contributed by atoms with Gasteiger partial charge in [-0.3, -0.25) is 9.59 Å². The van der Waals surface area contributed by atoms with Crippen LogP contribution in [0.2, 0.25) is 5.02 Å². The van der Waals surface area contributed by atoms with E-state index in [0.29, 0.717) is 16.2 Å². The summed E-state index contributed by atoms with van der Waals surface area (Å²) in [5.41, 5.74) is 0.885. The standard InChI is InChI=1S/C13H9ClO3/c14-10-1-3-12(16)8(6-10)5-9-7-11(15)2-4-13(9)17/h1-4,6-7,16H,5H2. The summed E-state index contributed by atoms with van der Waals surface area (Å²) >= 11 is 5.80. The first-order valence-corrected chi connectivity index (χ1v) is 5.38. The van der Waals surface area contributed by atoms with Gasteiger partial charge in [0.05, 0.1) is 0 Å². The Kier molecular flexibility index (Phi) is 3.11. The molecule has 86 valence electrons. The average molecular weight is 249 g/mol. The first kappa shape index (κ1) is 11.6. The number of hydrogen-bond donors (Lipinski definition) is 1. The molecule has 0 aliphatic heterocycles. The first-order valence-electron chi connectivity index (χ1n) is 5.00. The molecule has 17 heavy (non-hydrogen) atoms. The first-order chi connectivity index (χ1) is 8.06. The molecule has 0 bridgehead atoms. The summed E-state index contributed by atoms with van der Waals surface area (Å²) in [4.78, 5) is 22.7. The molecule has 0 saturated carbocycles. The molecule has 0 radical (unpaired) electrons. The van der Waals surface area contributed by atoms with Gasteiger partial charge >= 0.3 is 0 Å². The number of phenols is 1. The highest BCUT2D eigenvalue weighted by molar-refractivity contribution is 6.30. The molecular formula is C13H9ClO3. The minimum Gasteiger partial charge on any atom is -0.508 e. The van der Waals surface area contributed by atoms with Crippen molar-refractivity contribution in [3.63, 3.8) is 0 Å². The average Bonchev–Trinajstić information content (AvgIpc) is 2.28. The Morgan fingerprint density at radius 2 is 1.94 bits per heavy atom. The topological polar surface area (TPSA) is 54.4 Å². The van der Waals surface area contributed by atoms with Gasteiger partial charge in [-0.2, -0.15) is 0 Å². The summed E-state index contributed by atoms with van der Waals surface area (Å²) in [6.45, 7) is 0. The monoisotopic (exact) mass is 248 g/mol. The number of halogens is 1. The zero-order valence-electron chi connectivity index (χ0n) is 8.81. The zero-order chi connectivity index (χ0) is 12.4. The lowest BCUT2D eigenvalue weighted by Gasteiger charge is -2.08. The van der Waals surface area contributed by atoms with Crippen molar-refractivity contribution in [2.24, 2.45) is 0 Å².